The second kappa shape index (κ2) is 53.4. The van der Waals surface area contributed by atoms with E-state index in [-0.39, 0.29) is 114 Å². The molecule has 14 unspecified atom stereocenters. The van der Waals surface area contributed by atoms with Gasteiger partial charge in [-0.15, -0.1) is 11.8 Å². The van der Waals surface area contributed by atoms with Crippen molar-refractivity contribution < 1.29 is 96.8 Å². The first-order valence-electron chi connectivity index (χ1n) is 45.4. The van der Waals surface area contributed by atoms with E-state index < -0.39 is 224 Å². The Morgan fingerprint density at radius 3 is 1.68 bits per heavy atom. The van der Waals surface area contributed by atoms with Crippen molar-refractivity contribution in [1.82, 2.24) is 103 Å². The third-order valence-corrected chi connectivity index (χ3v) is 24.6. The number of rotatable bonds is 55. The molecule has 3 aromatic carbocycles. The number of aromatic nitrogens is 4. The summed E-state index contributed by atoms with van der Waals surface area (Å²) in [4.78, 5) is 260. The summed E-state index contributed by atoms with van der Waals surface area (Å²) in [5.41, 5.74) is 25.6. The Balaban J connectivity index is 1.03. The number of aromatic hydroxyl groups is 1. The zero-order chi connectivity index (χ0) is 99.4. The van der Waals surface area contributed by atoms with E-state index in [1.54, 1.807) is 80.0 Å². The number of aliphatic hydroxyl groups excluding tert-OH is 2. The van der Waals surface area contributed by atoms with Crippen LogP contribution in [0.3, 0.4) is 0 Å². The lowest BCUT2D eigenvalue weighted by molar-refractivity contribution is -0.149. The monoisotopic (exact) mass is 1910 g/mol. The minimum atomic E-state index is -1.90. The number of β-amino-alcohol motifs (C(OH)–C–C–N with tert-alkyl or cyclic N) is 1. The van der Waals surface area contributed by atoms with E-state index in [0.717, 1.165) is 26.5 Å². The SMILES string of the molecule is CCCCC(C(=O)N(C)C(CCCC)C(=O)NC(CCCNC(=N)N)C(=O)NC(CSCC(=O)NC(Cc1ccc(O)cc1)C(=O)NC)C(=O)NCC(N)=O)N(C)C(=O)C(Cc1c[nH]c2ccccc12)NC(=O)C(CO)NC(=O)C(Cc1c[nH]c2ccccc12)NC(=O)C1CC(O)CN1C(=O)C(CCCN)NC(=O)C(Cc1cnc[nH]1)NC(=O)C1CCCN1C(=O)C(CC(N)=O)NC(=O)CC. The Labute approximate surface area is 789 Å². The minimum absolute atomic E-state index is 0.00132. The lowest BCUT2D eigenvalue weighted by Gasteiger charge is -2.36. The number of likely N-dealkylation sites (tertiary alicyclic amines) is 2. The zero-order valence-corrected chi connectivity index (χ0v) is 78.0. The van der Waals surface area contributed by atoms with Gasteiger partial charge in [0, 0.05) is 131 Å². The molecule has 0 radical (unpaired) electrons. The fraction of sp³-hybridized carbons (Fsp3) is 0.522. The number of primary amides is 2. The van der Waals surface area contributed by atoms with Crippen molar-refractivity contribution in [2.75, 3.05) is 72.0 Å². The Morgan fingerprint density at radius 2 is 1.10 bits per heavy atom. The van der Waals surface area contributed by atoms with Crippen molar-refractivity contribution in [2.45, 2.75) is 227 Å². The van der Waals surface area contributed by atoms with Gasteiger partial charge in [-0.3, -0.25) is 86.9 Å². The predicted molar refractivity (Wildman–Crippen MR) is 501 cm³/mol. The molecule has 0 spiro atoms. The van der Waals surface area contributed by atoms with Crippen LogP contribution in [0.5, 0.6) is 5.75 Å². The molecule has 0 saturated carbocycles. The average Bonchev–Trinajstić information content (AvgIpc) is 1.64. The van der Waals surface area contributed by atoms with Gasteiger partial charge in [0.1, 0.15) is 84.3 Å². The number of amides is 17. The van der Waals surface area contributed by atoms with Gasteiger partial charge < -0.3 is 137 Å². The van der Waals surface area contributed by atoms with Crippen molar-refractivity contribution >= 4 is 140 Å². The van der Waals surface area contributed by atoms with Crippen LogP contribution >= 0.6 is 11.8 Å². The zero-order valence-electron chi connectivity index (χ0n) is 77.1. The second-order valence-electron chi connectivity index (χ2n) is 33.7. The summed E-state index contributed by atoms with van der Waals surface area (Å²) in [7, 11) is 4.07. The van der Waals surface area contributed by atoms with Crippen molar-refractivity contribution in [1.29, 1.82) is 5.41 Å². The van der Waals surface area contributed by atoms with Gasteiger partial charge >= 0.3 is 0 Å². The van der Waals surface area contributed by atoms with Crippen LogP contribution in [-0.2, 0) is 107 Å². The molecule has 8 rings (SSSR count). The number of phenols is 1. The molecular weight excluding hydrogens is 1780 g/mol. The summed E-state index contributed by atoms with van der Waals surface area (Å²) < 4.78 is 0. The number of unbranched alkanes of at least 4 members (excludes halogenated alkanes) is 2. The smallest absolute Gasteiger partial charge is 0.246 e. The molecule has 14 atom stereocenters. The number of carbonyl (C=O) groups excluding carboxylic acids is 17. The lowest BCUT2D eigenvalue weighted by Crippen LogP contribution is -2.61. The number of guanidine groups is 1. The number of nitrogens with two attached hydrogens (primary N) is 4. The van der Waals surface area contributed by atoms with Gasteiger partial charge in [0.2, 0.25) is 100 Å². The Hall–Kier alpha value is -13.8. The van der Waals surface area contributed by atoms with Gasteiger partial charge in [0.05, 0.1) is 37.8 Å². The first-order chi connectivity index (χ1) is 65.0. The molecule has 45 nitrogen and oxygen atoms in total. The molecule has 2 fully saturated rings. The molecule has 2 aliphatic heterocycles. The number of fused-ring (bicyclic) bond motifs is 2. The Kier molecular flexibility index (Phi) is 42.2. The van der Waals surface area contributed by atoms with Crippen LogP contribution in [-0.4, -0.2) is 318 Å². The summed E-state index contributed by atoms with van der Waals surface area (Å²) >= 11 is 0.871. The molecule has 27 N–H and O–H groups in total. The minimum Gasteiger partial charge on any atom is -0.508 e. The highest BCUT2D eigenvalue weighted by molar-refractivity contribution is 8.00. The number of aromatic amines is 3. The molecule has 17 amide bonds. The number of hydrogen-bond donors (Lipinski definition) is 23. The number of likely N-dealkylation sites (N-methyl/N-ethyl adjacent to an activating group) is 3. The average molecular weight is 1910 g/mol. The van der Waals surface area contributed by atoms with E-state index in [0.29, 0.717) is 76.3 Å². The fourth-order valence-electron chi connectivity index (χ4n) is 16.3. The van der Waals surface area contributed by atoms with E-state index >= 15 is 33.6 Å². The number of para-hydroxylation sites is 2. The lowest BCUT2D eigenvalue weighted by atomic mass is 10.00. The molecule has 740 valence electrons. The number of H-pyrrole nitrogens is 3. The second-order valence-corrected chi connectivity index (χ2v) is 34.7. The van der Waals surface area contributed by atoms with Crippen molar-refractivity contribution in [3.63, 3.8) is 0 Å². The fourth-order valence-corrected chi connectivity index (χ4v) is 17.1. The maximum Gasteiger partial charge on any atom is 0.246 e. The van der Waals surface area contributed by atoms with Gasteiger partial charge in [0.15, 0.2) is 5.96 Å². The molecule has 3 aromatic heterocycles. The maximum atomic E-state index is 15.7. The molecular formula is C90H129N25O20S. The number of benzene rings is 3. The first-order valence-corrected chi connectivity index (χ1v) is 46.6. The van der Waals surface area contributed by atoms with Gasteiger partial charge in [-0.1, -0.05) is 95.0 Å². The van der Waals surface area contributed by atoms with Crippen LogP contribution in [0.15, 0.2) is 97.7 Å². The van der Waals surface area contributed by atoms with Gasteiger partial charge in [-0.05, 0) is 98.9 Å². The van der Waals surface area contributed by atoms with E-state index in [1.807, 2.05) is 13.8 Å². The van der Waals surface area contributed by atoms with Crippen LogP contribution in [0.4, 0.5) is 0 Å². The number of imidazole rings is 1. The molecule has 2 saturated heterocycles. The molecule has 46 heteroatoms. The quantitative estimate of drug-likeness (QED) is 0.00985. The predicted octanol–water partition coefficient (Wildman–Crippen LogP) is -3.94. The van der Waals surface area contributed by atoms with E-state index in [4.69, 9.17) is 28.3 Å². The van der Waals surface area contributed by atoms with E-state index in [1.165, 1.54) is 50.7 Å². The normalized spacial score (nSPS) is 16.4. The molecule has 6 aromatic rings. The van der Waals surface area contributed by atoms with Crippen molar-refractivity contribution in [2.24, 2.45) is 22.9 Å². The number of hydrogen-bond acceptors (Lipinski definition) is 24. The third-order valence-electron chi connectivity index (χ3n) is 23.6. The number of nitrogens with one attached hydrogen (secondary N) is 16. The van der Waals surface area contributed by atoms with E-state index in [9.17, 15) is 63.3 Å². The molecule has 2 aliphatic rings. The molecule has 136 heavy (non-hydrogen) atoms. The van der Waals surface area contributed by atoms with Gasteiger partial charge in [-0.25, -0.2) is 4.98 Å². The molecule has 0 aliphatic carbocycles. The topological polar surface area (TPSA) is 696 Å². The number of nitrogens with zero attached hydrogens (tertiary/aromatic N) is 5. The number of carbonyl (C=O) groups is 17. The summed E-state index contributed by atoms with van der Waals surface area (Å²) in [5, 5.41) is 72.9. The highest BCUT2D eigenvalue weighted by Crippen LogP contribution is 2.28. The number of phenolic OH excluding ortho intramolecular Hbond substituents is 1. The standard InChI is InChI=1S/C90H129N25O20S/c1-7-10-25-69(83(129)105-60(24-17-33-98-90(94)95)79(125)111-68(78(124)101-44-74(93)120)47-136-48-76(122)103-62(77(123)96-4)35-50-28-30-54(117)31-29-50)112(5)89(135)71(26-11-8-2)113(6)86(132)65(37-52-42-100-59-22-15-13-20-57(52)59)109-82(128)67(46-116)110-80(126)63(36-51-41-99-58-21-14-12-19-56(51)58)107-85(131)72-39-55(118)45-115(72)87(133)61(23-16-32-91)106-81(127)64(38-53-43-97-49-102-53)108-84(130)70-27-18-34-114(70)88(134)66(40-73(92)119)104-75(121)9-3/h12-15,19-22,28-31,41-43,49,55,60-72,99-100,116-118H,7-11,16-18,23-27,32-40,44-48,91H2,1-6H3,(H2,92,119)(H2,93,120)(H,96,123)(H,97,102)(H,101,124)(H,103,122)(H,104,121)(H,105,129)(H,106,127)(H,107,131)(H,108,130)(H,109,128)(H,110,126)(H,111,125)(H4,94,95,98). The first kappa shape index (κ1) is 108. The van der Waals surface area contributed by atoms with Crippen LogP contribution in [0, 0.1) is 5.41 Å². The summed E-state index contributed by atoms with van der Waals surface area (Å²) in [6.45, 7) is 3.05. The highest BCUT2D eigenvalue weighted by Gasteiger charge is 2.46. The molecule has 5 heterocycles. The van der Waals surface area contributed by atoms with Crippen molar-refractivity contribution in [3.05, 3.63) is 120 Å². The van der Waals surface area contributed by atoms with E-state index in [2.05, 4.69) is 83.7 Å². The maximum absolute atomic E-state index is 15.7. The third kappa shape index (κ3) is 31.4. The van der Waals surface area contributed by atoms with Crippen LogP contribution in [0.1, 0.15) is 139 Å². The summed E-state index contributed by atoms with van der Waals surface area (Å²) in [5.74, 6) is -15.5. The van der Waals surface area contributed by atoms with Crippen LogP contribution in [0.2, 0.25) is 0 Å². The van der Waals surface area contributed by atoms with Crippen molar-refractivity contribution in [3.8, 4) is 5.75 Å². The summed E-state index contributed by atoms with van der Waals surface area (Å²) in [6, 6.07) is 0.940. The number of thioether (sulfide) groups is 1. The Morgan fingerprint density at radius 1 is 0.551 bits per heavy atom. The highest BCUT2D eigenvalue weighted by atomic mass is 32.2. The molecule has 0 bridgehead atoms. The van der Waals surface area contributed by atoms with Crippen LogP contribution < -0.4 is 86.7 Å². The summed E-state index contributed by atoms with van der Waals surface area (Å²) in [6.07, 6.45) is 4.77. The van der Waals surface area contributed by atoms with Gasteiger partial charge in [-0.2, -0.15) is 0 Å². The Bertz CT molecular complexity index is 5150. The van der Waals surface area contributed by atoms with Crippen LogP contribution in [0.25, 0.3) is 21.8 Å². The number of aliphatic hydroxyl groups is 2. The van der Waals surface area contributed by atoms with Gasteiger partial charge in [0.25, 0.3) is 0 Å². The largest absolute Gasteiger partial charge is 0.508 e.